The number of ether oxygens (including phenoxy) is 1. The van der Waals surface area contributed by atoms with Crippen LogP contribution in [-0.2, 0) is 21.6 Å². The summed E-state index contributed by atoms with van der Waals surface area (Å²) in [5.41, 5.74) is 5.03. The van der Waals surface area contributed by atoms with Gasteiger partial charge in [-0.3, -0.25) is 9.59 Å². The molecule has 0 N–H and O–H groups in total. The van der Waals surface area contributed by atoms with Gasteiger partial charge in [-0.05, 0) is 47.1 Å². The highest BCUT2D eigenvalue weighted by Crippen LogP contribution is 2.31. The second-order valence-corrected chi connectivity index (χ2v) is 9.04. The maximum Gasteiger partial charge on any atom is 0.321 e. The third kappa shape index (κ3) is 5.29. The van der Waals surface area contributed by atoms with Crippen molar-refractivity contribution in [1.29, 1.82) is 0 Å². The molecular weight excluding hydrogens is 384 g/mol. The lowest BCUT2D eigenvalue weighted by Gasteiger charge is -2.23. The van der Waals surface area contributed by atoms with Gasteiger partial charge in [-0.2, -0.15) is 0 Å². The third-order valence-electron chi connectivity index (χ3n) is 5.50. The molecule has 0 heterocycles. The molecule has 3 nitrogen and oxygen atoms in total. The van der Waals surface area contributed by atoms with E-state index in [2.05, 4.69) is 32.9 Å². The minimum atomic E-state index is -0.997. The molecule has 0 fully saturated rings. The van der Waals surface area contributed by atoms with E-state index in [-0.39, 0.29) is 17.8 Å². The molecule has 0 aliphatic carbocycles. The topological polar surface area (TPSA) is 43.4 Å². The minimum Gasteiger partial charge on any atom is -0.460 e. The predicted octanol–water partition coefficient (Wildman–Crippen LogP) is 6.31. The first-order chi connectivity index (χ1) is 14.7. The average molecular weight is 415 g/mol. The maximum absolute atomic E-state index is 13.7. The lowest BCUT2D eigenvalue weighted by molar-refractivity contribution is -0.145. The second kappa shape index (κ2) is 9.30. The van der Waals surface area contributed by atoms with E-state index in [4.69, 9.17) is 4.74 Å². The zero-order valence-electron chi connectivity index (χ0n) is 18.9. The molecular formula is C28H30O3. The van der Waals surface area contributed by atoms with Crippen LogP contribution in [0.4, 0.5) is 0 Å². The molecule has 0 amide bonds. The van der Waals surface area contributed by atoms with Crippen molar-refractivity contribution in [1.82, 2.24) is 0 Å². The highest BCUT2D eigenvalue weighted by molar-refractivity contribution is 6.14. The van der Waals surface area contributed by atoms with E-state index in [0.717, 1.165) is 16.7 Å². The first kappa shape index (κ1) is 22.5. The molecule has 31 heavy (non-hydrogen) atoms. The molecule has 0 radical (unpaired) electrons. The molecule has 0 spiro atoms. The van der Waals surface area contributed by atoms with E-state index in [0.29, 0.717) is 11.1 Å². The fraction of sp³-hybridized carbons (Fsp3) is 0.286. The Morgan fingerprint density at radius 3 is 1.87 bits per heavy atom. The molecule has 3 aromatic rings. The Labute approximate surface area is 185 Å². The van der Waals surface area contributed by atoms with Gasteiger partial charge in [-0.15, -0.1) is 0 Å². The summed E-state index contributed by atoms with van der Waals surface area (Å²) in [6.07, 6.45) is 0. The SMILES string of the molecule is Cc1cc(C(C)(C)C)cc(C)c1C(=O)C(C(=O)OCc1ccccc1)c1ccccc1. The van der Waals surface area contributed by atoms with Crippen LogP contribution >= 0.6 is 0 Å². The first-order valence-corrected chi connectivity index (χ1v) is 10.6. The monoisotopic (exact) mass is 414 g/mol. The summed E-state index contributed by atoms with van der Waals surface area (Å²) in [4.78, 5) is 26.8. The molecule has 1 unspecified atom stereocenters. The van der Waals surface area contributed by atoms with Crippen LogP contribution in [0, 0.1) is 13.8 Å². The summed E-state index contributed by atoms with van der Waals surface area (Å²) in [6, 6.07) is 22.8. The lowest BCUT2D eigenvalue weighted by atomic mass is 9.81. The van der Waals surface area contributed by atoms with Gasteiger partial charge in [0.15, 0.2) is 5.78 Å². The van der Waals surface area contributed by atoms with Crippen LogP contribution in [0.5, 0.6) is 0 Å². The largest absolute Gasteiger partial charge is 0.460 e. The number of esters is 1. The Bertz CT molecular complexity index is 1040. The van der Waals surface area contributed by atoms with Crippen LogP contribution in [0.1, 0.15) is 64.9 Å². The van der Waals surface area contributed by atoms with Crippen molar-refractivity contribution in [3.05, 3.63) is 106 Å². The van der Waals surface area contributed by atoms with Crippen LogP contribution in [0.2, 0.25) is 0 Å². The molecule has 0 saturated carbocycles. The number of carbonyl (C=O) groups excluding carboxylic acids is 2. The summed E-state index contributed by atoms with van der Waals surface area (Å²) >= 11 is 0. The fourth-order valence-electron chi connectivity index (χ4n) is 3.78. The van der Waals surface area contributed by atoms with Crippen LogP contribution in [0.15, 0.2) is 72.8 Å². The number of Topliss-reactive ketones (excluding diaryl/α,β-unsaturated/α-hetero) is 1. The molecule has 0 bridgehead atoms. The number of ketones is 1. The van der Waals surface area contributed by atoms with Gasteiger partial charge in [0.25, 0.3) is 0 Å². The Hall–Kier alpha value is -3.20. The van der Waals surface area contributed by atoms with E-state index in [1.807, 2.05) is 62.4 Å². The maximum atomic E-state index is 13.7. The van der Waals surface area contributed by atoms with Gasteiger partial charge in [0.05, 0.1) is 0 Å². The quantitative estimate of drug-likeness (QED) is 0.270. The molecule has 3 aromatic carbocycles. The van der Waals surface area contributed by atoms with Crippen molar-refractivity contribution in [3.63, 3.8) is 0 Å². The van der Waals surface area contributed by atoms with Gasteiger partial charge in [0.2, 0.25) is 0 Å². The van der Waals surface area contributed by atoms with E-state index < -0.39 is 11.9 Å². The summed E-state index contributed by atoms with van der Waals surface area (Å²) in [6.45, 7) is 10.5. The van der Waals surface area contributed by atoms with Crippen LogP contribution in [-0.4, -0.2) is 11.8 Å². The molecule has 3 heteroatoms. The van der Waals surface area contributed by atoms with Gasteiger partial charge in [0, 0.05) is 5.56 Å². The minimum absolute atomic E-state index is 0.0233. The third-order valence-corrected chi connectivity index (χ3v) is 5.50. The Kier molecular flexibility index (Phi) is 6.74. The zero-order valence-corrected chi connectivity index (χ0v) is 18.9. The zero-order chi connectivity index (χ0) is 22.6. The van der Waals surface area contributed by atoms with E-state index in [9.17, 15) is 9.59 Å². The number of aryl methyl sites for hydroxylation is 2. The average Bonchev–Trinajstić information content (AvgIpc) is 2.73. The summed E-state index contributed by atoms with van der Waals surface area (Å²) in [5.74, 6) is -1.75. The van der Waals surface area contributed by atoms with Gasteiger partial charge < -0.3 is 4.74 Å². The lowest BCUT2D eigenvalue weighted by Crippen LogP contribution is -2.26. The van der Waals surface area contributed by atoms with Crippen LogP contribution < -0.4 is 0 Å². The number of hydrogen-bond donors (Lipinski definition) is 0. The predicted molar refractivity (Wildman–Crippen MR) is 124 cm³/mol. The first-order valence-electron chi connectivity index (χ1n) is 10.6. The van der Waals surface area contributed by atoms with E-state index in [1.165, 1.54) is 5.56 Å². The van der Waals surface area contributed by atoms with Gasteiger partial charge in [-0.1, -0.05) is 93.6 Å². The second-order valence-electron chi connectivity index (χ2n) is 9.04. The highest BCUT2D eigenvalue weighted by atomic mass is 16.5. The molecule has 3 rings (SSSR count). The van der Waals surface area contributed by atoms with Gasteiger partial charge in [0.1, 0.15) is 12.5 Å². The Morgan fingerprint density at radius 2 is 1.35 bits per heavy atom. The van der Waals surface area contributed by atoms with E-state index in [1.54, 1.807) is 12.1 Å². The van der Waals surface area contributed by atoms with Crippen molar-refractivity contribution in [3.8, 4) is 0 Å². The van der Waals surface area contributed by atoms with Crippen molar-refractivity contribution in [2.75, 3.05) is 0 Å². The van der Waals surface area contributed by atoms with Gasteiger partial charge in [-0.25, -0.2) is 0 Å². The highest BCUT2D eigenvalue weighted by Gasteiger charge is 2.33. The molecule has 0 aromatic heterocycles. The molecule has 0 aliphatic heterocycles. The smallest absolute Gasteiger partial charge is 0.321 e. The van der Waals surface area contributed by atoms with Crippen molar-refractivity contribution >= 4 is 11.8 Å². The Balaban J connectivity index is 1.96. The van der Waals surface area contributed by atoms with Crippen molar-refractivity contribution in [2.45, 2.75) is 52.6 Å². The molecule has 160 valence electrons. The fourth-order valence-corrected chi connectivity index (χ4v) is 3.78. The molecule has 0 saturated heterocycles. The van der Waals surface area contributed by atoms with Gasteiger partial charge >= 0.3 is 5.97 Å². The number of carbonyl (C=O) groups is 2. The number of benzene rings is 3. The Morgan fingerprint density at radius 1 is 0.839 bits per heavy atom. The van der Waals surface area contributed by atoms with Crippen molar-refractivity contribution < 1.29 is 14.3 Å². The van der Waals surface area contributed by atoms with Crippen LogP contribution in [0.3, 0.4) is 0 Å². The summed E-state index contributed by atoms with van der Waals surface area (Å²) in [7, 11) is 0. The molecule has 1 atom stereocenters. The number of hydrogen-bond acceptors (Lipinski definition) is 3. The number of rotatable bonds is 6. The summed E-state index contributed by atoms with van der Waals surface area (Å²) in [5, 5.41) is 0. The van der Waals surface area contributed by atoms with Crippen LogP contribution in [0.25, 0.3) is 0 Å². The summed E-state index contributed by atoms with van der Waals surface area (Å²) < 4.78 is 5.59. The molecule has 0 aliphatic rings. The standard InChI is InChI=1S/C28H30O3/c1-19-16-23(28(3,4)5)17-20(2)24(19)26(29)25(22-14-10-7-11-15-22)27(30)31-18-21-12-8-6-9-13-21/h6-17,25H,18H2,1-5H3. The van der Waals surface area contributed by atoms with E-state index >= 15 is 0 Å². The normalized spacial score (nSPS) is 12.3. The van der Waals surface area contributed by atoms with Crippen molar-refractivity contribution in [2.24, 2.45) is 0 Å².